The molecule has 0 saturated heterocycles. The fourth-order valence-corrected chi connectivity index (χ4v) is 2.71. The molecule has 0 radical (unpaired) electrons. The van der Waals surface area contributed by atoms with Gasteiger partial charge in [0.05, 0.1) is 21.3 Å². The van der Waals surface area contributed by atoms with Crippen LogP contribution in [0.2, 0.25) is 0 Å². The molecule has 144 valence electrons. The highest BCUT2D eigenvalue weighted by molar-refractivity contribution is 5.97. The summed E-state index contributed by atoms with van der Waals surface area (Å²) in [5.74, 6) is 0.287. The average Bonchev–Trinajstić information content (AvgIpc) is 2.66. The summed E-state index contributed by atoms with van der Waals surface area (Å²) in [5.41, 5.74) is 1.83. The molecule has 1 N–H and O–H groups in total. The molecular formula is C20H23NO6. The Labute approximate surface area is 158 Å². The highest BCUT2D eigenvalue weighted by Gasteiger charge is 2.21. The monoisotopic (exact) mass is 373 g/mol. The second kappa shape index (κ2) is 8.93. The Balaban J connectivity index is 2.35. The SMILES string of the molecule is COc1cc(CN(CC(=O)O)C(=O)c2ccc(OC)cc2C)cc(OC)c1. The third-order valence-electron chi connectivity index (χ3n) is 4.06. The normalized spacial score (nSPS) is 10.2. The van der Waals surface area contributed by atoms with E-state index in [0.717, 1.165) is 0 Å². The summed E-state index contributed by atoms with van der Waals surface area (Å²) in [6.45, 7) is 1.46. The summed E-state index contributed by atoms with van der Waals surface area (Å²) >= 11 is 0. The topological polar surface area (TPSA) is 85.3 Å². The molecule has 2 aromatic carbocycles. The number of carboxylic acid groups (broad SMARTS) is 1. The lowest BCUT2D eigenvalue weighted by Crippen LogP contribution is -2.35. The van der Waals surface area contributed by atoms with Crippen LogP contribution >= 0.6 is 0 Å². The van der Waals surface area contributed by atoms with Crippen molar-refractivity contribution < 1.29 is 28.9 Å². The van der Waals surface area contributed by atoms with Gasteiger partial charge < -0.3 is 24.2 Å². The van der Waals surface area contributed by atoms with Gasteiger partial charge in [0.1, 0.15) is 23.8 Å². The maximum Gasteiger partial charge on any atom is 0.323 e. The largest absolute Gasteiger partial charge is 0.497 e. The minimum Gasteiger partial charge on any atom is -0.497 e. The van der Waals surface area contributed by atoms with Gasteiger partial charge in [-0.2, -0.15) is 0 Å². The smallest absolute Gasteiger partial charge is 0.323 e. The zero-order chi connectivity index (χ0) is 20.0. The zero-order valence-electron chi connectivity index (χ0n) is 15.8. The molecule has 0 spiro atoms. The Morgan fingerprint density at radius 3 is 2.00 bits per heavy atom. The quantitative estimate of drug-likeness (QED) is 0.766. The van der Waals surface area contributed by atoms with E-state index in [1.165, 1.54) is 19.1 Å². The van der Waals surface area contributed by atoms with Gasteiger partial charge in [-0.3, -0.25) is 9.59 Å². The Bertz CT molecular complexity index is 811. The molecule has 0 bridgehead atoms. The first-order valence-corrected chi connectivity index (χ1v) is 8.25. The van der Waals surface area contributed by atoms with Crippen molar-refractivity contribution in [2.75, 3.05) is 27.9 Å². The van der Waals surface area contributed by atoms with Crippen molar-refractivity contribution in [1.29, 1.82) is 0 Å². The first kappa shape index (κ1) is 20.1. The maximum absolute atomic E-state index is 13.0. The van der Waals surface area contributed by atoms with E-state index in [1.807, 2.05) is 0 Å². The second-order valence-electron chi connectivity index (χ2n) is 5.96. The van der Waals surface area contributed by atoms with Crippen LogP contribution in [-0.2, 0) is 11.3 Å². The van der Waals surface area contributed by atoms with Crippen molar-refractivity contribution in [3.63, 3.8) is 0 Å². The Morgan fingerprint density at radius 2 is 1.52 bits per heavy atom. The fraction of sp³-hybridized carbons (Fsp3) is 0.300. The third kappa shape index (κ3) is 5.13. The number of hydrogen-bond donors (Lipinski definition) is 1. The minimum absolute atomic E-state index is 0.101. The van der Waals surface area contributed by atoms with Gasteiger partial charge in [0.15, 0.2) is 0 Å². The number of aryl methyl sites for hydroxylation is 1. The minimum atomic E-state index is -1.09. The summed E-state index contributed by atoms with van der Waals surface area (Å²) < 4.78 is 15.6. The van der Waals surface area contributed by atoms with E-state index in [0.29, 0.717) is 33.9 Å². The number of carboxylic acids is 1. The number of aliphatic carboxylic acids is 1. The van der Waals surface area contributed by atoms with Crippen molar-refractivity contribution in [3.05, 3.63) is 53.1 Å². The number of amides is 1. The Hall–Kier alpha value is -3.22. The highest BCUT2D eigenvalue weighted by Crippen LogP contribution is 2.25. The van der Waals surface area contributed by atoms with E-state index < -0.39 is 12.5 Å². The molecule has 0 saturated carbocycles. The highest BCUT2D eigenvalue weighted by atomic mass is 16.5. The molecular weight excluding hydrogens is 350 g/mol. The molecule has 0 aliphatic carbocycles. The number of carbonyl (C=O) groups is 2. The number of nitrogens with zero attached hydrogens (tertiary/aromatic N) is 1. The van der Waals surface area contributed by atoms with Crippen LogP contribution in [0.25, 0.3) is 0 Å². The first-order valence-electron chi connectivity index (χ1n) is 8.25. The van der Waals surface area contributed by atoms with Crippen LogP contribution in [0, 0.1) is 6.92 Å². The zero-order valence-corrected chi connectivity index (χ0v) is 15.8. The molecule has 2 rings (SSSR count). The Morgan fingerprint density at radius 1 is 0.926 bits per heavy atom. The molecule has 0 atom stereocenters. The van der Waals surface area contributed by atoms with Crippen LogP contribution in [-0.4, -0.2) is 49.8 Å². The predicted octanol–water partition coefficient (Wildman–Crippen LogP) is 2.75. The van der Waals surface area contributed by atoms with Gasteiger partial charge in [-0.1, -0.05) is 0 Å². The van der Waals surface area contributed by atoms with Crippen molar-refractivity contribution in [3.8, 4) is 17.2 Å². The number of benzene rings is 2. The first-order chi connectivity index (χ1) is 12.9. The molecule has 1 amide bonds. The van der Waals surface area contributed by atoms with Crippen LogP contribution in [0.4, 0.5) is 0 Å². The standard InChI is InChI=1S/C20H23NO6/c1-13-7-15(25-2)5-6-18(13)20(24)21(12-19(22)23)11-14-8-16(26-3)10-17(9-14)27-4/h5-10H,11-12H2,1-4H3,(H,22,23). The summed E-state index contributed by atoms with van der Waals surface area (Å²) in [5, 5.41) is 9.25. The summed E-state index contributed by atoms with van der Waals surface area (Å²) in [7, 11) is 4.60. The fourth-order valence-electron chi connectivity index (χ4n) is 2.71. The van der Waals surface area contributed by atoms with Gasteiger partial charge in [0.2, 0.25) is 0 Å². The molecule has 0 aromatic heterocycles. The lowest BCUT2D eigenvalue weighted by atomic mass is 10.1. The van der Waals surface area contributed by atoms with Crippen molar-refractivity contribution in [1.82, 2.24) is 4.90 Å². The number of carbonyl (C=O) groups excluding carboxylic acids is 1. The molecule has 7 nitrogen and oxygen atoms in total. The molecule has 0 unspecified atom stereocenters. The lowest BCUT2D eigenvalue weighted by Gasteiger charge is -2.22. The van der Waals surface area contributed by atoms with E-state index in [4.69, 9.17) is 14.2 Å². The van der Waals surface area contributed by atoms with Gasteiger partial charge in [-0.25, -0.2) is 0 Å². The van der Waals surface area contributed by atoms with E-state index >= 15 is 0 Å². The summed E-state index contributed by atoms with van der Waals surface area (Å²) in [6, 6.07) is 10.2. The van der Waals surface area contributed by atoms with E-state index in [9.17, 15) is 14.7 Å². The third-order valence-corrected chi connectivity index (χ3v) is 4.06. The molecule has 7 heteroatoms. The molecule has 0 fully saturated rings. The molecule has 0 aliphatic heterocycles. The van der Waals surface area contributed by atoms with Crippen molar-refractivity contribution in [2.24, 2.45) is 0 Å². The molecule has 0 heterocycles. The summed E-state index contributed by atoms with van der Waals surface area (Å²) in [6.07, 6.45) is 0. The molecule has 2 aromatic rings. The van der Waals surface area contributed by atoms with E-state index in [1.54, 1.807) is 50.4 Å². The van der Waals surface area contributed by atoms with Crippen LogP contribution in [0.5, 0.6) is 17.2 Å². The molecule has 0 aliphatic rings. The second-order valence-corrected chi connectivity index (χ2v) is 5.96. The maximum atomic E-state index is 13.0. The number of ether oxygens (including phenoxy) is 3. The van der Waals surface area contributed by atoms with Gasteiger partial charge in [0, 0.05) is 18.2 Å². The van der Waals surface area contributed by atoms with Gasteiger partial charge >= 0.3 is 5.97 Å². The van der Waals surface area contributed by atoms with Crippen LogP contribution in [0.3, 0.4) is 0 Å². The summed E-state index contributed by atoms with van der Waals surface area (Å²) in [4.78, 5) is 25.5. The number of hydrogen-bond acceptors (Lipinski definition) is 5. The van der Waals surface area contributed by atoms with E-state index in [-0.39, 0.29) is 12.5 Å². The van der Waals surface area contributed by atoms with Gasteiger partial charge in [-0.15, -0.1) is 0 Å². The van der Waals surface area contributed by atoms with Crippen LogP contribution in [0.15, 0.2) is 36.4 Å². The van der Waals surface area contributed by atoms with Crippen molar-refractivity contribution in [2.45, 2.75) is 13.5 Å². The van der Waals surface area contributed by atoms with Crippen LogP contribution in [0.1, 0.15) is 21.5 Å². The van der Waals surface area contributed by atoms with Crippen LogP contribution < -0.4 is 14.2 Å². The average molecular weight is 373 g/mol. The van der Waals surface area contributed by atoms with Crippen molar-refractivity contribution >= 4 is 11.9 Å². The lowest BCUT2D eigenvalue weighted by molar-refractivity contribution is -0.137. The van der Waals surface area contributed by atoms with Gasteiger partial charge in [0.25, 0.3) is 5.91 Å². The number of methoxy groups -OCH3 is 3. The predicted molar refractivity (Wildman–Crippen MR) is 99.7 cm³/mol. The van der Waals surface area contributed by atoms with E-state index in [2.05, 4.69) is 0 Å². The Kier molecular flexibility index (Phi) is 6.65. The number of rotatable bonds is 8. The van der Waals surface area contributed by atoms with Gasteiger partial charge in [-0.05, 0) is 48.4 Å². The molecule has 27 heavy (non-hydrogen) atoms.